The maximum absolute atomic E-state index is 6.13. The zero-order valence-electron chi connectivity index (χ0n) is 9.19. The van der Waals surface area contributed by atoms with Gasteiger partial charge in [-0.3, -0.25) is 0 Å². The maximum Gasteiger partial charge on any atom is 0.0624 e. The first-order valence-electron chi connectivity index (χ1n) is 5.29. The fourth-order valence-corrected chi connectivity index (χ4v) is 2.07. The molecule has 1 aromatic carbocycles. The summed E-state index contributed by atoms with van der Waals surface area (Å²) in [6, 6.07) is 6.28. The van der Waals surface area contributed by atoms with E-state index in [4.69, 9.17) is 23.2 Å². The van der Waals surface area contributed by atoms with Crippen molar-refractivity contribution in [2.45, 2.75) is 32.2 Å². The quantitative estimate of drug-likeness (QED) is 0.830. The summed E-state index contributed by atoms with van der Waals surface area (Å²) in [5.74, 6) is 0. The van der Waals surface area contributed by atoms with Crippen LogP contribution in [0.3, 0.4) is 0 Å². The topological polar surface area (TPSA) is 12.0 Å². The molecule has 0 bridgehead atoms. The third-order valence-corrected chi connectivity index (χ3v) is 3.40. The highest BCUT2D eigenvalue weighted by Gasteiger charge is 2.10. The van der Waals surface area contributed by atoms with Gasteiger partial charge in [-0.2, -0.15) is 0 Å². The lowest BCUT2D eigenvalue weighted by Gasteiger charge is -2.16. The van der Waals surface area contributed by atoms with Crippen molar-refractivity contribution in [3.8, 4) is 0 Å². The monoisotopic (exact) mass is 245 g/mol. The molecule has 0 heterocycles. The van der Waals surface area contributed by atoms with Crippen LogP contribution < -0.4 is 5.32 Å². The average Bonchev–Trinajstić information content (AvgIpc) is 2.24. The number of likely N-dealkylation sites (N-methyl/N-ethyl adjacent to an activating group) is 1. The number of rotatable bonds is 5. The van der Waals surface area contributed by atoms with Crippen molar-refractivity contribution in [2.75, 3.05) is 7.05 Å². The van der Waals surface area contributed by atoms with Gasteiger partial charge in [0, 0.05) is 6.04 Å². The van der Waals surface area contributed by atoms with Crippen LogP contribution in [-0.2, 0) is 6.42 Å². The SMILES string of the molecule is CCCC(Cc1cccc(Cl)c1Cl)NC. The normalized spacial score (nSPS) is 12.8. The van der Waals surface area contributed by atoms with Gasteiger partial charge in [-0.05, 0) is 31.5 Å². The molecule has 0 aliphatic rings. The number of benzene rings is 1. The molecule has 0 fully saturated rings. The summed E-state index contributed by atoms with van der Waals surface area (Å²) in [5, 5.41) is 4.63. The molecule has 0 saturated carbocycles. The second-order valence-corrected chi connectivity index (χ2v) is 4.48. The molecule has 1 N–H and O–H groups in total. The Hall–Kier alpha value is -0.240. The van der Waals surface area contributed by atoms with E-state index in [1.807, 2.05) is 25.2 Å². The molecule has 0 aliphatic heterocycles. The largest absolute Gasteiger partial charge is 0.317 e. The summed E-state index contributed by atoms with van der Waals surface area (Å²) < 4.78 is 0. The van der Waals surface area contributed by atoms with E-state index in [-0.39, 0.29) is 0 Å². The first-order valence-corrected chi connectivity index (χ1v) is 6.04. The zero-order valence-corrected chi connectivity index (χ0v) is 10.7. The maximum atomic E-state index is 6.13. The van der Waals surface area contributed by atoms with Crippen LogP contribution in [0.25, 0.3) is 0 Å². The molecule has 0 spiro atoms. The van der Waals surface area contributed by atoms with Gasteiger partial charge in [0.25, 0.3) is 0 Å². The molecular formula is C12H17Cl2N. The highest BCUT2D eigenvalue weighted by molar-refractivity contribution is 6.42. The Labute approximate surface area is 102 Å². The van der Waals surface area contributed by atoms with Crippen LogP contribution in [0.2, 0.25) is 10.0 Å². The third kappa shape index (κ3) is 3.67. The van der Waals surface area contributed by atoms with Crippen LogP contribution in [0.4, 0.5) is 0 Å². The van der Waals surface area contributed by atoms with E-state index in [0.29, 0.717) is 16.1 Å². The smallest absolute Gasteiger partial charge is 0.0624 e. The van der Waals surface area contributed by atoms with E-state index in [1.54, 1.807) is 0 Å². The van der Waals surface area contributed by atoms with Gasteiger partial charge in [-0.1, -0.05) is 48.7 Å². The van der Waals surface area contributed by atoms with Crippen molar-refractivity contribution < 1.29 is 0 Å². The van der Waals surface area contributed by atoms with Crippen molar-refractivity contribution in [1.82, 2.24) is 5.32 Å². The molecule has 84 valence electrons. The highest BCUT2D eigenvalue weighted by atomic mass is 35.5. The molecule has 1 aromatic rings. The summed E-state index contributed by atoms with van der Waals surface area (Å²) in [7, 11) is 1.98. The predicted molar refractivity (Wildman–Crippen MR) is 67.9 cm³/mol. The number of nitrogens with one attached hydrogen (secondary N) is 1. The summed E-state index contributed by atoms with van der Waals surface area (Å²) in [4.78, 5) is 0. The first-order chi connectivity index (χ1) is 7.19. The van der Waals surface area contributed by atoms with E-state index in [0.717, 1.165) is 18.4 Å². The minimum atomic E-state index is 0.478. The van der Waals surface area contributed by atoms with Crippen molar-refractivity contribution in [1.29, 1.82) is 0 Å². The lowest BCUT2D eigenvalue weighted by Crippen LogP contribution is -2.27. The number of hydrogen-bond acceptors (Lipinski definition) is 1. The van der Waals surface area contributed by atoms with Gasteiger partial charge in [0.2, 0.25) is 0 Å². The van der Waals surface area contributed by atoms with Gasteiger partial charge in [-0.25, -0.2) is 0 Å². The van der Waals surface area contributed by atoms with Crippen LogP contribution in [0.15, 0.2) is 18.2 Å². The molecule has 0 radical (unpaired) electrons. The van der Waals surface area contributed by atoms with Gasteiger partial charge < -0.3 is 5.32 Å². The summed E-state index contributed by atoms with van der Waals surface area (Å²) in [5.41, 5.74) is 1.12. The van der Waals surface area contributed by atoms with Crippen molar-refractivity contribution in [3.05, 3.63) is 33.8 Å². The molecule has 0 saturated heterocycles. The fourth-order valence-electron chi connectivity index (χ4n) is 1.67. The highest BCUT2D eigenvalue weighted by Crippen LogP contribution is 2.26. The Bertz CT molecular complexity index is 312. The average molecular weight is 246 g/mol. The second kappa shape index (κ2) is 6.37. The lowest BCUT2D eigenvalue weighted by molar-refractivity contribution is 0.514. The van der Waals surface area contributed by atoms with Crippen LogP contribution in [0, 0.1) is 0 Å². The molecule has 3 heteroatoms. The summed E-state index contributed by atoms with van der Waals surface area (Å²) in [6.45, 7) is 2.18. The van der Waals surface area contributed by atoms with E-state index in [1.165, 1.54) is 6.42 Å². The Kier molecular flexibility index (Phi) is 5.44. The van der Waals surface area contributed by atoms with Crippen molar-refractivity contribution in [3.63, 3.8) is 0 Å². The van der Waals surface area contributed by atoms with E-state index in [2.05, 4.69) is 12.2 Å². The van der Waals surface area contributed by atoms with Gasteiger partial charge >= 0.3 is 0 Å². The predicted octanol–water partition coefficient (Wildman–Crippen LogP) is 3.92. The third-order valence-electron chi connectivity index (χ3n) is 2.54. The standard InChI is InChI=1S/C12H17Cl2N/c1-3-5-10(15-2)8-9-6-4-7-11(13)12(9)14/h4,6-7,10,15H,3,5,8H2,1-2H3. The number of halogens is 2. The van der Waals surface area contributed by atoms with Crippen molar-refractivity contribution in [2.24, 2.45) is 0 Å². The van der Waals surface area contributed by atoms with Crippen LogP contribution in [0.5, 0.6) is 0 Å². The van der Waals surface area contributed by atoms with Gasteiger partial charge in [0.15, 0.2) is 0 Å². The molecule has 1 rings (SSSR count). The number of hydrogen-bond donors (Lipinski definition) is 1. The minimum Gasteiger partial charge on any atom is -0.317 e. The summed E-state index contributed by atoms with van der Waals surface area (Å²) in [6.07, 6.45) is 3.26. The Morgan fingerprint density at radius 2 is 2.07 bits per heavy atom. The van der Waals surface area contributed by atoms with Gasteiger partial charge in [-0.15, -0.1) is 0 Å². The van der Waals surface area contributed by atoms with Crippen LogP contribution >= 0.6 is 23.2 Å². The molecular weight excluding hydrogens is 229 g/mol. The molecule has 1 nitrogen and oxygen atoms in total. The molecule has 0 aliphatic carbocycles. The summed E-state index contributed by atoms with van der Waals surface area (Å²) >= 11 is 12.1. The van der Waals surface area contributed by atoms with Gasteiger partial charge in [0.1, 0.15) is 0 Å². The molecule has 15 heavy (non-hydrogen) atoms. The molecule has 1 unspecified atom stereocenters. The second-order valence-electron chi connectivity index (χ2n) is 3.69. The lowest BCUT2D eigenvalue weighted by atomic mass is 10.0. The van der Waals surface area contributed by atoms with Gasteiger partial charge in [0.05, 0.1) is 10.0 Å². The van der Waals surface area contributed by atoms with Crippen LogP contribution in [0.1, 0.15) is 25.3 Å². The van der Waals surface area contributed by atoms with Crippen molar-refractivity contribution >= 4 is 23.2 Å². The minimum absolute atomic E-state index is 0.478. The van der Waals surface area contributed by atoms with E-state index < -0.39 is 0 Å². The fraction of sp³-hybridized carbons (Fsp3) is 0.500. The van der Waals surface area contributed by atoms with Crippen LogP contribution in [-0.4, -0.2) is 13.1 Å². The Balaban J connectivity index is 2.74. The van der Waals surface area contributed by atoms with E-state index >= 15 is 0 Å². The molecule has 0 aromatic heterocycles. The van der Waals surface area contributed by atoms with E-state index in [9.17, 15) is 0 Å². The Morgan fingerprint density at radius 3 is 2.67 bits per heavy atom. The Morgan fingerprint density at radius 1 is 1.33 bits per heavy atom. The molecule has 1 atom stereocenters. The molecule has 0 amide bonds. The zero-order chi connectivity index (χ0) is 11.3. The first kappa shape index (κ1) is 12.8.